The van der Waals surface area contributed by atoms with Crippen LogP contribution in [-0.4, -0.2) is 11.7 Å². The van der Waals surface area contributed by atoms with Crippen LogP contribution in [0, 0.1) is 0 Å². The normalized spacial score (nSPS) is 10.1. The predicted molar refractivity (Wildman–Crippen MR) is 64.7 cm³/mol. The van der Waals surface area contributed by atoms with Crippen molar-refractivity contribution in [3.05, 3.63) is 48.5 Å². The maximum atomic E-state index is 9.89. The van der Waals surface area contributed by atoms with Crippen molar-refractivity contribution in [3.63, 3.8) is 0 Å². The fourth-order valence-electron chi connectivity index (χ4n) is 1.63. The van der Waals surface area contributed by atoms with E-state index in [2.05, 4.69) is 0 Å². The zero-order chi connectivity index (χ0) is 11.4. The lowest BCUT2D eigenvalue weighted by atomic mass is 10.0. The van der Waals surface area contributed by atoms with E-state index in [-0.39, 0.29) is 5.75 Å². The Kier molecular flexibility index (Phi) is 3.10. The van der Waals surface area contributed by atoms with Crippen LogP contribution in [0.2, 0.25) is 0 Å². The van der Waals surface area contributed by atoms with Crippen molar-refractivity contribution in [3.8, 4) is 22.6 Å². The van der Waals surface area contributed by atoms with Crippen LogP contribution in [0.25, 0.3) is 11.1 Å². The molecule has 0 bridgehead atoms. The Balaban J connectivity index is 2.37. The molecule has 2 nitrogen and oxygen atoms in total. The Labute approximate surface area is 95.1 Å². The number of benzene rings is 2. The molecular formula is C14H14O2. The zero-order valence-corrected chi connectivity index (χ0v) is 9.18. The van der Waals surface area contributed by atoms with Gasteiger partial charge in [0.05, 0.1) is 6.61 Å². The molecule has 0 spiro atoms. The van der Waals surface area contributed by atoms with E-state index in [4.69, 9.17) is 4.74 Å². The van der Waals surface area contributed by atoms with Crippen LogP contribution in [0.1, 0.15) is 6.92 Å². The van der Waals surface area contributed by atoms with Gasteiger partial charge < -0.3 is 9.84 Å². The summed E-state index contributed by atoms with van der Waals surface area (Å²) in [4.78, 5) is 0. The molecule has 0 amide bonds. The summed E-state index contributed by atoms with van der Waals surface area (Å²) < 4.78 is 5.32. The van der Waals surface area contributed by atoms with E-state index in [1.54, 1.807) is 6.07 Å². The summed E-state index contributed by atoms with van der Waals surface area (Å²) in [5.74, 6) is 0.942. The van der Waals surface area contributed by atoms with Crippen molar-refractivity contribution in [2.45, 2.75) is 6.92 Å². The summed E-state index contributed by atoms with van der Waals surface area (Å²) in [6.45, 7) is 2.52. The third kappa shape index (κ3) is 2.16. The molecule has 2 aromatic rings. The Morgan fingerprint density at radius 2 is 1.81 bits per heavy atom. The van der Waals surface area contributed by atoms with Gasteiger partial charge >= 0.3 is 0 Å². The summed E-state index contributed by atoms with van der Waals surface area (Å²) in [7, 11) is 0. The maximum Gasteiger partial charge on any atom is 0.127 e. The predicted octanol–water partition coefficient (Wildman–Crippen LogP) is 3.46. The fourth-order valence-corrected chi connectivity index (χ4v) is 1.63. The lowest BCUT2D eigenvalue weighted by Gasteiger charge is -2.07. The molecule has 2 heteroatoms. The number of aromatic hydroxyl groups is 1. The molecule has 0 fully saturated rings. The van der Waals surface area contributed by atoms with Gasteiger partial charge in [-0.2, -0.15) is 0 Å². The highest BCUT2D eigenvalue weighted by atomic mass is 16.5. The largest absolute Gasteiger partial charge is 0.507 e. The minimum Gasteiger partial charge on any atom is -0.507 e. The van der Waals surface area contributed by atoms with Gasteiger partial charge in [0.15, 0.2) is 0 Å². The van der Waals surface area contributed by atoms with Crippen LogP contribution < -0.4 is 4.74 Å². The van der Waals surface area contributed by atoms with Crippen LogP contribution in [0.3, 0.4) is 0 Å². The third-order valence-electron chi connectivity index (χ3n) is 2.36. The molecule has 0 aliphatic rings. The molecule has 2 aromatic carbocycles. The molecule has 0 saturated carbocycles. The van der Waals surface area contributed by atoms with Crippen molar-refractivity contribution in [2.75, 3.05) is 6.61 Å². The summed E-state index contributed by atoms with van der Waals surface area (Å²) in [6.07, 6.45) is 0. The molecular weight excluding hydrogens is 200 g/mol. The van der Waals surface area contributed by atoms with Gasteiger partial charge in [-0.3, -0.25) is 0 Å². The first kappa shape index (κ1) is 10.6. The second kappa shape index (κ2) is 4.71. The van der Waals surface area contributed by atoms with Crippen molar-refractivity contribution >= 4 is 0 Å². The van der Waals surface area contributed by atoms with Gasteiger partial charge in [-0.25, -0.2) is 0 Å². The van der Waals surface area contributed by atoms with Gasteiger partial charge in [0.2, 0.25) is 0 Å². The van der Waals surface area contributed by atoms with Gasteiger partial charge in [0.1, 0.15) is 11.5 Å². The van der Waals surface area contributed by atoms with Crippen LogP contribution in [0.15, 0.2) is 48.5 Å². The number of rotatable bonds is 3. The SMILES string of the molecule is CCOc1ccc(-c2ccccc2)c(O)c1. The van der Waals surface area contributed by atoms with Crippen LogP contribution >= 0.6 is 0 Å². The van der Waals surface area contributed by atoms with E-state index in [1.165, 1.54) is 0 Å². The van der Waals surface area contributed by atoms with Crippen molar-refractivity contribution in [1.29, 1.82) is 0 Å². The van der Waals surface area contributed by atoms with E-state index in [0.29, 0.717) is 12.4 Å². The molecule has 0 saturated heterocycles. The smallest absolute Gasteiger partial charge is 0.127 e. The van der Waals surface area contributed by atoms with Crippen molar-refractivity contribution in [2.24, 2.45) is 0 Å². The van der Waals surface area contributed by atoms with E-state index >= 15 is 0 Å². The van der Waals surface area contributed by atoms with Gasteiger partial charge in [-0.15, -0.1) is 0 Å². The minimum atomic E-state index is 0.247. The van der Waals surface area contributed by atoms with Gasteiger partial charge in [-0.1, -0.05) is 30.3 Å². The molecule has 0 atom stereocenters. The summed E-state index contributed by atoms with van der Waals surface area (Å²) >= 11 is 0. The maximum absolute atomic E-state index is 9.89. The molecule has 16 heavy (non-hydrogen) atoms. The highest BCUT2D eigenvalue weighted by molar-refractivity contribution is 5.70. The molecule has 1 N–H and O–H groups in total. The molecule has 82 valence electrons. The molecule has 0 unspecified atom stereocenters. The highest BCUT2D eigenvalue weighted by Crippen LogP contribution is 2.32. The lowest BCUT2D eigenvalue weighted by molar-refractivity contribution is 0.338. The molecule has 0 aliphatic heterocycles. The first-order valence-electron chi connectivity index (χ1n) is 5.32. The van der Waals surface area contributed by atoms with E-state index < -0.39 is 0 Å². The van der Waals surface area contributed by atoms with Crippen molar-refractivity contribution < 1.29 is 9.84 Å². The molecule has 0 radical (unpaired) electrons. The number of ether oxygens (including phenoxy) is 1. The van der Waals surface area contributed by atoms with Gasteiger partial charge in [-0.05, 0) is 24.6 Å². The van der Waals surface area contributed by atoms with E-state index in [1.807, 2.05) is 49.4 Å². The topological polar surface area (TPSA) is 29.5 Å². The van der Waals surface area contributed by atoms with Gasteiger partial charge in [0.25, 0.3) is 0 Å². The van der Waals surface area contributed by atoms with E-state index in [9.17, 15) is 5.11 Å². The molecule has 0 aliphatic carbocycles. The Morgan fingerprint density at radius 3 is 2.44 bits per heavy atom. The van der Waals surface area contributed by atoms with Crippen molar-refractivity contribution in [1.82, 2.24) is 0 Å². The number of phenolic OH excluding ortho intramolecular Hbond substituents is 1. The van der Waals surface area contributed by atoms with E-state index in [0.717, 1.165) is 11.1 Å². The van der Waals surface area contributed by atoms with Crippen LogP contribution in [0.5, 0.6) is 11.5 Å². The second-order valence-electron chi connectivity index (χ2n) is 3.48. The molecule has 0 heterocycles. The van der Waals surface area contributed by atoms with Gasteiger partial charge in [0, 0.05) is 11.6 Å². The highest BCUT2D eigenvalue weighted by Gasteiger charge is 2.04. The zero-order valence-electron chi connectivity index (χ0n) is 9.18. The third-order valence-corrected chi connectivity index (χ3v) is 2.36. The summed E-state index contributed by atoms with van der Waals surface area (Å²) in [5.41, 5.74) is 1.83. The second-order valence-corrected chi connectivity index (χ2v) is 3.48. The first-order chi connectivity index (χ1) is 7.81. The standard InChI is InChI=1S/C14H14O2/c1-2-16-12-8-9-13(14(15)10-12)11-6-4-3-5-7-11/h3-10,15H,2H2,1H3. The Hall–Kier alpha value is -1.96. The average Bonchev–Trinajstić information content (AvgIpc) is 2.31. The molecule has 0 aromatic heterocycles. The quantitative estimate of drug-likeness (QED) is 0.847. The minimum absolute atomic E-state index is 0.247. The Bertz CT molecular complexity index is 463. The lowest BCUT2D eigenvalue weighted by Crippen LogP contribution is -1.91. The van der Waals surface area contributed by atoms with Crippen LogP contribution in [0.4, 0.5) is 0 Å². The van der Waals surface area contributed by atoms with Crippen LogP contribution in [-0.2, 0) is 0 Å². The summed E-state index contributed by atoms with van der Waals surface area (Å²) in [6, 6.07) is 15.2. The summed E-state index contributed by atoms with van der Waals surface area (Å²) in [5, 5.41) is 9.89. The average molecular weight is 214 g/mol. The molecule has 2 rings (SSSR count). The first-order valence-corrected chi connectivity index (χ1v) is 5.32. The monoisotopic (exact) mass is 214 g/mol. The number of hydrogen-bond acceptors (Lipinski definition) is 2. The Morgan fingerprint density at radius 1 is 1.06 bits per heavy atom. The fraction of sp³-hybridized carbons (Fsp3) is 0.143. The number of hydrogen-bond donors (Lipinski definition) is 1. The number of phenols is 1.